The Kier molecular flexibility index (Phi) is 5.01. The zero-order chi connectivity index (χ0) is 15.2. The van der Waals surface area contributed by atoms with Crippen LogP contribution < -0.4 is 10.6 Å². The molecule has 1 aliphatic rings. The molecule has 4 heteroatoms. The van der Waals surface area contributed by atoms with Gasteiger partial charge in [0, 0.05) is 24.5 Å². The van der Waals surface area contributed by atoms with E-state index in [-0.39, 0.29) is 5.91 Å². The van der Waals surface area contributed by atoms with E-state index in [1.807, 2.05) is 30.3 Å². The summed E-state index contributed by atoms with van der Waals surface area (Å²) in [6.45, 7) is 2.74. The van der Waals surface area contributed by atoms with E-state index < -0.39 is 0 Å². The lowest BCUT2D eigenvalue weighted by Gasteiger charge is -2.22. The Balaban J connectivity index is 1.51. The summed E-state index contributed by atoms with van der Waals surface area (Å²) in [7, 11) is 0. The maximum absolute atomic E-state index is 12.0. The second-order valence-corrected chi connectivity index (χ2v) is 6.00. The molecular formula is C18H23N3O. The van der Waals surface area contributed by atoms with Crippen LogP contribution in [0.3, 0.4) is 0 Å². The fourth-order valence-corrected chi connectivity index (χ4v) is 3.10. The molecule has 0 saturated carbocycles. The number of carbonyl (C=O) groups excluding carboxylic acids is 1. The molecule has 0 radical (unpaired) electrons. The summed E-state index contributed by atoms with van der Waals surface area (Å²) in [6.07, 6.45) is 5.82. The SMILES string of the molecule is O=C(CCC1CCNCC1)NCc1cccc2cccnc12. The van der Waals surface area contributed by atoms with Gasteiger partial charge in [-0.25, -0.2) is 0 Å². The predicted molar refractivity (Wildman–Crippen MR) is 88.4 cm³/mol. The molecule has 3 rings (SSSR count). The molecule has 116 valence electrons. The molecule has 0 bridgehead atoms. The Morgan fingerprint density at radius 2 is 2.05 bits per heavy atom. The van der Waals surface area contributed by atoms with Crippen molar-refractivity contribution in [1.82, 2.24) is 15.6 Å². The first-order valence-corrected chi connectivity index (χ1v) is 8.13. The third-order valence-electron chi connectivity index (χ3n) is 4.43. The maximum Gasteiger partial charge on any atom is 0.220 e. The van der Waals surface area contributed by atoms with Crippen molar-refractivity contribution in [3.8, 4) is 0 Å². The van der Waals surface area contributed by atoms with E-state index in [2.05, 4.69) is 15.6 Å². The van der Waals surface area contributed by atoms with Gasteiger partial charge >= 0.3 is 0 Å². The first-order chi connectivity index (χ1) is 10.8. The highest BCUT2D eigenvalue weighted by Gasteiger charge is 2.14. The summed E-state index contributed by atoms with van der Waals surface area (Å²) in [5.41, 5.74) is 2.05. The van der Waals surface area contributed by atoms with Gasteiger partial charge in [0.05, 0.1) is 5.52 Å². The van der Waals surface area contributed by atoms with E-state index in [4.69, 9.17) is 0 Å². The molecule has 1 amide bonds. The Hall–Kier alpha value is -1.94. The molecule has 4 nitrogen and oxygen atoms in total. The van der Waals surface area contributed by atoms with Crippen LogP contribution in [0.5, 0.6) is 0 Å². The predicted octanol–water partition coefficient (Wildman–Crippen LogP) is 2.63. The van der Waals surface area contributed by atoms with Gasteiger partial charge in [-0.3, -0.25) is 9.78 Å². The van der Waals surface area contributed by atoms with Gasteiger partial charge in [-0.1, -0.05) is 24.3 Å². The molecule has 1 fully saturated rings. The maximum atomic E-state index is 12.0. The number of benzene rings is 1. The molecule has 0 spiro atoms. The first-order valence-electron chi connectivity index (χ1n) is 8.13. The van der Waals surface area contributed by atoms with Crippen LogP contribution in [0.1, 0.15) is 31.2 Å². The number of rotatable bonds is 5. The van der Waals surface area contributed by atoms with Crippen molar-refractivity contribution in [2.75, 3.05) is 13.1 Å². The van der Waals surface area contributed by atoms with Crippen LogP contribution in [-0.4, -0.2) is 24.0 Å². The number of nitrogens with zero attached hydrogens (tertiary/aromatic N) is 1. The minimum absolute atomic E-state index is 0.145. The smallest absolute Gasteiger partial charge is 0.220 e. The molecule has 2 N–H and O–H groups in total. The molecule has 0 atom stereocenters. The molecule has 1 saturated heterocycles. The topological polar surface area (TPSA) is 54.0 Å². The number of pyridine rings is 1. The molecule has 0 aliphatic carbocycles. The molecule has 0 unspecified atom stereocenters. The summed E-state index contributed by atoms with van der Waals surface area (Å²) in [5.74, 6) is 0.845. The molecule has 22 heavy (non-hydrogen) atoms. The summed E-state index contributed by atoms with van der Waals surface area (Å²) in [6, 6.07) is 10.1. The fourth-order valence-electron chi connectivity index (χ4n) is 3.10. The number of nitrogens with one attached hydrogen (secondary N) is 2. The van der Waals surface area contributed by atoms with Crippen molar-refractivity contribution >= 4 is 16.8 Å². The van der Waals surface area contributed by atoms with Crippen LogP contribution in [0.4, 0.5) is 0 Å². The Morgan fingerprint density at radius 3 is 2.91 bits per heavy atom. The Morgan fingerprint density at radius 1 is 1.23 bits per heavy atom. The molecule has 2 aromatic rings. The number of aromatic nitrogens is 1. The van der Waals surface area contributed by atoms with Crippen LogP contribution in [-0.2, 0) is 11.3 Å². The van der Waals surface area contributed by atoms with E-state index in [0.717, 1.165) is 36.0 Å². The average Bonchev–Trinajstić information content (AvgIpc) is 2.59. The first kappa shape index (κ1) is 15.0. The highest BCUT2D eigenvalue weighted by Crippen LogP contribution is 2.18. The van der Waals surface area contributed by atoms with Crippen molar-refractivity contribution in [3.05, 3.63) is 42.1 Å². The monoisotopic (exact) mass is 297 g/mol. The molecule has 2 heterocycles. The van der Waals surface area contributed by atoms with E-state index in [0.29, 0.717) is 18.9 Å². The van der Waals surface area contributed by atoms with Gasteiger partial charge in [0.25, 0.3) is 0 Å². The van der Waals surface area contributed by atoms with E-state index in [9.17, 15) is 4.79 Å². The third kappa shape index (κ3) is 3.83. The van der Waals surface area contributed by atoms with E-state index in [1.165, 1.54) is 12.8 Å². The van der Waals surface area contributed by atoms with Gasteiger partial charge < -0.3 is 10.6 Å². The number of piperidine rings is 1. The van der Waals surface area contributed by atoms with Gasteiger partial charge in [0.1, 0.15) is 0 Å². The number of hydrogen-bond acceptors (Lipinski definition) is 3. The number of hydrogen-bond donors (Lipinski definition) is 2. The zero-order valence-corrected chi connectivity index (χ0v) is 12.8. The average molecular weight is 297 g/mol. The second kappa shape index (κ2) is 7.36. The van der Waals surface area contributed by atoms with Gasteiger partial charge in [-0.05, 0) is 49.9 Å². The highest BCUT2D eigenvalue weighted by molar-refractivity contribution is 5.82. The van der Waals surface area contributed by atoms with Crippen molar-refractivity contribution < 1.29 is 4.79 Å². The van der Waals surface area contributed by atoms with E-state index >= 15 is 0 Å². The van der Waals surface area contributed by atoms with Gasteiger partial charge in [0.2, 0.25) is 5.91 Å². The Labute approximate surface area is 131 Å². The van der Waals surface area contributed by atoms with Crippen LogP contribution >= 0.6 is 0 Å². The second-order valence-electron chi connectivity index (χ2n) is 6.00. The number of para-hydroxylation sites is 1. The number of carbonyl (C=O) groups is 1. The van der Waals surface area contributed by atoms with Crippen LogP contribution in [0, 0.1) is 5.92 Å². The highest BCUT2D eigenvalue weighted by atomic mass is 16.1. The quantitative estimate of drug-likeness (QED) is 0.892. The largest absolute Gasteiger partial charge is 0.352 e. The van der Waals surface area contributed by atoms with Gasteiger partial charge in [0.15, 0.2) is 0 Å². The molecule has 1 aliphatic heterocycles. The molecule has 1 aromatic heterocycles. The lowest BCUT2D eigenvalue weighted by molar-refractivity contribution is -0.121. The fraction of sp³-hybridized carbons (Fsp3) is 0.444. The van der Waals surface area contributed by atoms with Crippen molar-refractivity contribution in [3.63, 3.8) is 0 Å². The summed E-state index contributed by atoms with van der Waals surface area (Å²) in [4.78, 5) is 16.5. The van der Waals surface area contributed by atoms with Crippen molar-refractivity contribution in [1.29, 1.82) is 0 Å². The summed E-state index contributed by atoms with van der Waals surface area (Å²) in [5, 5.41) is 7.51. The normalized spacial score (nSPS) is 15.8. The van der Waals surface area contributed by atoms with Crippen LogP contribution in [0.15, 0.2) is 36.5 Å². The van der Waals surface area contributed by atoms with Gasteiger partial charge in [-0.2, -0.15) is 0 Å². The minimum Gasteiger partial charge on any atom is -0.352 e. The van der Waals surface area contributed by atoms with Crippen molar-refractivity contribution in [2.24, 2.45) is 5.92 Å². The third-order valence-corrected chi connectivity index (χ3v) is 4.43. The summed E-state index contributed by atoms with van der Waals surface area (Å²) < 4.78 is 0. The van der Waals surface area contributed by atoms with Crippen molar-refractivity contribution in [2.45, 2.75) is 32.2 Å². The molecule has 1 aromatic carbocycles. The van der Waals surface area contributed by atoms with Gasteiger partial charge in [-0.15, -0.1) is 0 Å². The lowest BCUT2D eigenvalue weighted by atomic mass is 9.93. The Bertz CT molecular complexity index is 630. The number of amides is 1. The molecular weight excluding hydrogens is 274 g/mol. The number of fused-ring (bicyclic) bond motifs is 1. The van der Waals surface area contributed by atoms with Crippen LogP contribution in [0.2, 0.25) is 0 Å². The van der Waals surface area contributed by atoms with E-state index in [1.54, 1.807) is 6.20 Å². The lowest BCUT2D eigenvalue weighted by Crippen LogP contribution is -2.29. The zero-order valence-electron chi connectivity index (χ0n) is 12.8. The minimum atomic E-state index is 0.145. The van der Waals surface area contributed by atoms with Crippen LogP contribution in [0.25, 0.3) is 10.9 Å². The summed E-state index contributed by atoms with van der Waals surface area (Å²) >= 11 is 0. The standard InChI is InChI=1S/C18H23N3O/c22-17(7-6-14-8-11-19-12-9-14)21-13-16-4-1-3-15-5-2-10-20-18(15)16/h1-5,10,14,19H,6-9,11-13H2,(H,21,22).